The molecule has 2 aromatic carbocycles. The molecule has 1 N–H and O–H groups in total. The maximum atomic E-state index is 12.9. The number of aromatic nitrogens is 4. The fraction of sp³-hybridized carbons (Fsp3) is 0.286. The van der Waals surface area contributed by atoms with Gasteiger partial charge >= 0.3 is 0 Å². The number of carbonyl (C=O) groups is 2. The van der Waals surface area contributed by atoms with Crippen LogP contribution in [0.2, 0.25) is 0 Å². The van der Waals surface area contributed by atoms with Crippen molar-refractivity contribution in [1.82, 2.24) is 20.2 Å². The van der Waals surface area contributed by atoms with Crippen molar-refractivity contribution in [3.63, 3.8) is 0 Å². The van der Waals surface area contributed by atoms with Crippen molar-refractivity contribution in [1.29, 1.82) is 0 Å². The van der Waals surface area contributed by atoms with Crippen LogP contribution >= 0.6 is 0 Å². The van der Waals surface area contributed by atoms with Crippen LogP contribution in [0.4, 0.5) is 11.4 Å². The summed E-state index contributed by atoms with van der Waals surface area (Å²) in [5.74, 6) is 0.489. The Hall–Kier alpha value is -3.75. The van der Waals surface area contributed by atoms with Gasteiger partial charge in [-0.15, -0.1) is 5.10 Å². The molecule has 0 aliphatic carbocycles. The van der Waals surface area contributed by atoms with Crippen LogP contribution in [0.1, 0.15) is 17.8 Å². The van der Waals surface area contributed by atoms with Crippen molar-refractivity contribution in [2.24, 2.45) is 5.92 Å². The summed E-state index contributed by atoms with van der Waals surface area (Å²) in [6, 6.07) is 12.9. The van der Waals surface area contributed by atoms with E-state index in [9.17, 15) is 9.59 Å². The molecule has 1 unspecified atom stereocenters. The average Bonchev–Trinajstić information content (AvgIpc) is 3.33. The second-order valence-corrected chi connectivity index (χ2v) is 7.26. The standard InChI is InChI=1S/C21H22N6O3/c1-13-7-8-19(30-3)18(9-13)26-12-15(10-20(26)28)21(29)22-16-5-4-6-17(11-16)27-14(2)23-24-25-27/h4-9,11,15H,10,12H2,1-3H3,(H,22,29). The number of tetrazole rings is 1. The van der Waals surface area contributed by atoms with Crippen molar-refractivity contribution < 1.29 is 14.3 Å². The minimum Gasteiger partial charge on any atom is -0.495 e. The highest BCUT2D eigenvalue weighted by molar-refractivity contribution is 6.04. The van der Waals surface area contributed by atoms with Gasteiger partial charge in [-0.1, -0.05) is 12.1 Å². The van der Waals surface area contributed by atoms with Gasteiger partial charge in [-0.05, 0) is 60.2 Å². The zero-order valence-corrected chi connectivity index (χ0v) is 17.0. The number of benzene rings is 2. The van der Waals surface area contributed by atoms with Crippen LogP contribution in [0.25, 0.3) is 5.69 Å². The zero-order chi connectivity index (χ0) is 21.3. The summed E-state index contributed by atoms with van der Waals surface area (Å²) < 4.78 is 6.98. The van der Waals surface area contributed by atoms with Crippen molar-refractivity contribution in [2.75, 3.05) is 23.9 Å². The largest absolute Gasteiger partial charge is 0.495 e. The Morgan fingerprint density at radius 3 is 2.77 bits per heavy atom. The molecule has 4 rings (SSSR count). The van der Waals surface area contributed by atoms with E-state index in [1.165, 1.54) is 0 Å². The molecule has 1 aliphatic heterocycles. The smallest absolute Gasteiger partial charge is 0.229 e. The van der Waals surface area contributed by atoms with Crippen LogP contribution in [0.5, 0.6) is 5.75 Å². The molecule has 1 aromatic heterocycles. The number of hydrogen-bond acceptors (Lipinski definition) is 6. The third-order valence-electron chi connectivity index (χ3n) is 5.10. The van der Waals surface area contributed by atoms with Crippen LogP contribution in [0.15, 0.2) is 42.5 Å². The Morgan fingerprint density at radius 2 is 2.03 bits per heavy atom. The second-order valence-electron chi connectivity index (χ2n) is 7.26. The lowest BCUT2D eigenvalue weighted by Gasteiger charge is -2.20. The van der Waals surface area contributed by atoms with Crippen molar-refractivity contribution >= 4 is 23.2 Å². The Balaban J connectivity index is 1.50. The fourth-order valence-corrected chi connectivity index (χ4v) is 3.56. The molecule has 0 saturated carbocycles. The number of methoxy groups -OCH3 is 1. The van der Waals surface area contributed by atoms with Gasteiger partial charge < -0.3 is 15.0 Å². The first kappa shape index (κ1) is 19.6. The van der Waals surface area contributed by atoms with Gasteiger partial charge in [-0.3, -0.25) is 9.59 Å². The third-order valence-corrected chi connectivity index (χ3v) is 5.10. The molecule has 9 nitrogen and oxygen atoms in total. The minimum atomic E-state index is -0.457. The van der Waals surface area contributed by atoms with E-state index >= 15 is 0 Å². The first-order valence-electron chi connectivity index (χ1n) is 9.57. The zero-order valence-electron chi connectivity index (χ0n) is 17.0. The molecule has 0 spiro atoms. The Kier molecular flexibility index (Phi) is 5.18. The average molecular weight is 406 g/mol. The van der Waals surface area contributed by atoms with E-state index in [0.717, 1.165) is 11.3 Å². The lowest BCUT2D eigenvalue weighted by atomic mass is 10.1. The number of ether oxygens (including phenoxy) is 1. The summed E-state index contributed by atoms with van der Waals surface area (Å²) in [6.07, 6.45) is 0.148. The molecule has 0 bridgehead atoms. The highest BCUT2D eigenvalue weighted by Crippen LogP contribution is 2.34. The van der Waals surface area contributed by atoms with Crippen molar-refractivity contribution in [3.8, 4) is 11.4 Å². The number of rotatable bonds is 5. The molecular weight excluding hydrogens is 384 g/mol. The van der Waals surface area contributed by atoms with Crippen LogP contribution in [0, 0.1) is 19.8 Å². The SMILES string of the molecule is COc1ccc(C)cc1N1CC(C(=O)Nc2cccc(-n3nnnc3C)c2)CC1=O. The molecule has 1 aliphatic rings. The van der Waals surface area contributed by atoms with Gasteiger partial charge in [0.2, 0.25) is 11.8 Å². The molecule has 3 aromatic rings. The maximum absolute atomic E-state index is 12.9. The van der Waals surface area contributed by atoms with Gasteiger partial charge in [0.15, 0.2) is 5.82 Å². The molecule has 30 heavy (non-hydrogen) atoms. The number of aryl methyl sites for hydroxylation is 2. The van der Waals surface area contributed by atoms with E-state index in [0.29, 0.717) is 29.5 Å². The minimum absolute atomic E-state index is 0.0999. The quantitative estimate of drug-likeness (QED) is 0.697. The summed E-state index contributed by atoms with van der Waals surface area (Å²) in [5.41, 5.74) is 3.06. The predicted octanol–water partition coefficient (Wildman–Crippen LogP) is 2.28. The predicted molar refractivity (Wildman–Crippen MR) is 111 cm³/mol. The van der Waals surface area contributed by atoms with E-state index in [1.807, 2.05) is 37.3 Å². The highest BCUT2D eigenvalue weighted by Gasteiger charge is 2.36. The van der Waals surface area contributed by atoms with Crippen molar-refractivity contribution in [3.05, 3.63) is 53.9 Å². The second kappa shape index (κ2) is 7.94. The van der Waals surface area contributed by atoms with E-state index in [-0.39, 0.29) is 18.2 Å². The summed E-state index contributed by atoms with van der Waals surface area (Å²) in [7, 11) is 1.57. The highest BCUT2D eigenvalue weighted by atomic mass is 16.5. The Labute approximate surface area is 173 Å². The van der Waals surface area contributed by atoms with Gasteiger partial charge in [0.1, 0.15) is 5.75 Å². The molecule has 154 valence electrons. The Morgan fingerprint density at radius 1 is 1.20 bits per heavy atom. The molecule has 9 heteroatoms. The van der Waals surface area contributed by atoms with E-state index in [2.05, 4.69) is 20.8 Å². The van der Waals surface area contributed by atoms with E-state index in [1.54, 1.807) is 35.7 Å². The summed E-state index contributed by atoms with van der Waals surface area (Å²) >= 11 is 0. The number of anilines is 2. The molecular formula is C21H22N6O3. The maximum Gasteiger partial charge on any atom is 0.229 e. The van der Waals surface area contributed by atoms with Crippen LogP contribution in [0.3, 0.4) is 0 Å². The third kappa shape index (κ3) is 3.73. The lowest BCUT2D eigenvalue weighted by molar-refractivity contribution is -0.122. The molecule has 1 atom stereocenters. The summed E-state index contributed by atoms with van der Waals surface area (Å²) in [4.78, 5) is 27.1. The summed E-state index contributed by atoms with van der Waals surface area (Å²) in [5, 5.41) is 14.4. The van der Waals surface area contributed by atoms with Crippen LogP contribution in [-0.2, 0) is 9.59 Å². The van der Waals surface area contributed by atoms with Crippen LogP contribution in [-0.4, -0.2) is 45.7 Å². The molecule has 1 fully saturated rings. The number of nitrogens with zero attached hydrogens (tertiary/aromatic N) is 5. The van der Waals surface area contributed by atoms with Gasteiger partial charge in [0.05, 0.1) is 24.4 Å². The summed E-state index contributed by atoms with van der Waals surface area (Å²) in [6.45, 7) is 4.05. The fourth-order valence-electron chi connectivity index (χ4n) is 3.56. The normalized spacial score (nSPS) is 16.0. The van der Waals surface area contributed by atoms with Crippen molar-refractivity contribution in [2.45, 2.75) is 20.3 Å². The molecule has 2 heterocycles. The number of hydrogen-bond donors (Lipinski definition) is 1. The van der Waals surface area contributed by atoms with Gasteiger partial charge in [-0.2, -0.15) is 4.68 Å². The number of nitrogens with one attached hydrogen (secondary N) is 1. The molecule has 2 amide bonds. The van der Waals surface area contributed by atoms with Gasteiger partial charge in [0, 0.05) is 18.7 Å². The lowest BCUT2D eigenvalue weighted by Crippen LogP contribution is -2.28. The van der Waals surface area contributed by atoms with E-state index in [4.69, 9.17) is 4.74 Å². The Bertz CT molecular complexity index is 1110. The van der Waals surface area contributed by atoms with E-state index < -0.39 is 5.92 Å². The van der Waals surface area contributed by atoms with Gasteiger partial charge in [-0.25, -0.2) is 0 Å². The first-order chi connectivity index (χ1) is 14.5. The number of carbonyl (C=O) groups excluding carboxylic acids is 2. The monoisotopic (exact) mass is 406 g/mol. The molecule has 1 saturated heterocycles. The van der Waals surface area contributed by atoms with Crippen LogP contribution < -0.4 is 15.0 Å². The van der Waals surface area contributed by atoms with Gasteiger partial charge in [0.25, 0.3) is 0 Å². The molecule has 0 radical (unpaired) electrons. The first-order valence-corrected chi connectivity index (χ1v) is 9.57. The number of amides is 2. The topological polar surface area (TPSA) is 102 Å².